The number of hydrogen-bond acceptors (Lipinski definition) is 9. The molecule has 1 N–H and O–H groups in total. The van der Waals surface area contributed by atoms with Gasteiger partial charge < -0.3 is 14.7 Å². The molecule has 5 rings (SSSR count). The van der Waals surface area contributed by atoms with Gasteiger partial charge in [-0.1, -0.05) is 6.07 Å². The second-order valence-electron chi connectivity index (χ2n) is 7.81. The quantitative estimate of drug-likeness (QED) is 0.581. The predicted octanol–water partition coefficient (Wildman–Crippen LogP) is 2.39. The SMILES string of the molecule is OC(c1cccnc1)N1CCN(Cc2cc3nc(Cl)nc(N4CCOCC4)c3s2)CC1. The second kappa shape index (κ2) is 9.32. The number of piperazine rings is 1. The van der Waals surface area contributed by atoms with Crippen molar-refractivity contribution < 1.29 is 9.84 Å². The molecule has 3 aromatic heterocycles. The number of hydrogen-bond donors (Lipinski definition) is 1. The van der Waals surface area contributed by atoms with Gasteiger partial charge >= 0.3 is 0 Å². The second-order valence-corrected chi connectivity index (χ2v) is 9.29. The van der Waals surface area contributed by atoms with Crippen LogP contribution in [0, 0.1) is 0 Å². The highest BCUT2D eigenvalue weighted by Crippen LogP contribution is 2.34. The van der Waals surface area contributed by atoms with Gasteiger partial charge in [0.25, 0.3) is 0 Å². The molecule has 1 unspecified atom stereocenters. The minimum Gasteiger partial charge on any atom is -0.378 e. The normalized spacial score (nSPS) is 19.7. The van der Waals surface area contributed by atoms with Crippen LogP contribution in [-0.4, -0.2) is 82.3 Å². The summed E-state index contributed by atoms with van der Waals surface area (Å²) in [6.07, 6.45) is 2.85. The van der Waals surface area contributed by atoms with Crippen LogP contribution in [0.5, 0.6) is 0 Å². The van der Waals surface area contributed by atoms with Gasteiger partial charge in [0.15, 0.2) is 5.82 Å². The lowest BCUT2D eigenvalue weighted by atomic mass is 10.2. The van der Waals surface area contributed by atoms with Crippen LogP contribution in [0.4, 0.5) is 5.82 Å². The molecule has 5 heterocycles. The first-order valence-corrected chi connectivity index (χ1v) is 11.7. The van der Waals surface area contributed by atoms with Gasteiger partial charge in [0, 0.05) is 68.6 Å². The van der Waals surface area contributed by atoms with Crippen LogP contribution in [-0.2, 0) is 11.3 Å². The molecule has 0 radical (unpaired) electrons. The van der Waals surface area contributed by atoms with Crippen molar-refractivity contribution >= 4 is 39.0 Å². The van der Waals surface area contributed by atoms with Crippen molar-refractivity contribution in [1.82, 2.24) is 24.8 Å². The highest BCUT2D eigenvalue weighted by atomic mass is 35.5. The van der Waals surface area contributed by atoms with Crippen molar-refractivity contribution in [2.45, 2.75) is 12.8 Å². The summed E-state index contributed by atoms with van der Waals surface area (Å²) in [7, 11) is 0. The fourth-order valence-corrected chi connectivity index (χ4v) is 5.46. The van der Waals surface area contributed by atoms with E-state index in [0.717, 1.165) is 67.4 Å². The fourth-order valence-electron chi connectivity index (χ4n) is 4.13. The minimum atomic E-state index is -0.603. The zero-order valence-electron chi connectivity index (χ0n) is 17.2. The summed E-state index contributed by atoms with van der Waals surface area (Å²) in [5, 5.41) is 10.9. The average Bonchev–Trinajstić information content (AvgIpc) is 3.21. The van der Waals surface area contributed by atoms with Gasteiger partial charge in [0.2, 0.25) is 5.28 Å². The number of halogens is 1. The number of fused-ring (bicyclic) bond motifs is 1. The number of aromatic nitrogens is 3. The molecule has 0 amide bonds. The molecule has 2 aliphatic heterocycles. The van der Waals surface area contributed by atoms with Gasteiger partial charge in [0.1, 0.15) is 6.23 Å². The number of anilines is 1. The summed E-state index contributed by atoms with van der Waals surface area (Å²) >= 11 is 7.97. The number of nitrogens with zero attached hydrogens (tertiary/aromatic N) is 6. The van der Waals surface area contributed by atoms with Crippen LogP contribution in [0.2, 0.25) is 5.28 Å². The number of thiophene rings is 1. The number of aliphatic hydroxyl groups excluding tert-OH is 1. The van der Waals surface area contributed by atoms with E-state index in [-0.39, 0.29) is 5.28 Å². The molecule has 0 aromatic carbocycles. The maximum absolute atomic E-state index is 10.6. The van der Waals surface area contributed by atoms with Crippen molar-refractivity contribution in [1.29, 1.82) is 0 Å². The Bertz CT molecular complexity index is 1020. The van der Waals surface area contributed by atoms with Crippen molar-refractivity contribution in [3.8, 4) is 0 Å². The van der Waals surface area contributed by atoms with Crippen LogP contribution in [0.3, 0.4) is 0 Å². The molecule has 1 atom stereocenters. The lowest BCUT2D eigenvalue weighted by molar-refractivity contribution is -0.0286. The third-order valence-electron chi connectivity index (χ3n) is 5.80. The van der Waals surface area contributed by atoms with E-state index in [1.165, 1.54) is 4.88 Å². The van der Waals surface area contributed by atoms with E-state index in [1.807, 2.05) is 12.1 Å². The molecule has 0 bridgehead atoms. The molecule has 2 aliphatic rings. The molecule has 10 heteroatoms. The first kappa shape index (κ1) is 21.0. The topological polar surface area (TPSA) is 77.9 Å². The van der Waals surface area contributed by atoms with Crippen LogP contribution in [0.25, 0.3) is 10.2 Å². The molecule has 2 fully saturated rings. The summed E-state index contributed by atoms with van der Waals surface area (Å²) < 4.78 is 6.57. The van der Waals surface area contributed by atoms with E-state index in [0.29, 0.717) is 13.2 Å². The Morgan fingerprint density at radius 2 is 1.94 bits per heavy atom. The number of rotatable bonds is 5. The summed E-state index contributed by atoms with van der Waals surface area (Å²) in [5.41, 5.74) is 1.75. The third kappa shape index (κ3) is 4.67. The first-order chi connectivity index (χ1) is 15.2. The highest BCUT2D eigenvalue weighted by molar-refractivity contribution is 7.19. The lowest BCUT2D eigenvalue weighted by Gasteiger charge is -2.37. The van der Waals surface area contributed by atoms with Crippen LogP contribution >= 0.6 is 22.9 Å². The number of pyridine rings is 1. The van der Waals surface area contributed by atoms with Crippen LogP contribution < -0.4 is 4.90 Å². The zero-order valence-corrected chi connectivity index (χ0v) is 18.7. The van der Waals surface area contributed by atoms with E-state index in [1.54, 1.807) is 23.7 Å². The molecule has 0 saturated carbocycles. The van der Waals surface area contributed by atoms with Gasteiger partial charge in [-0.3, -0.25) is 14.8 Å². The Hall–Kier alpha value is -1.88. The minimum absolute atomic E-state index is 0.288. The Morgan fingerprint density at radius 1 is 1.13 bits per heavy atom. The van der Waals surface area contributed by atoms with Crippen molar-refractivity contribution in [2.75, 3.05) is 57.4 Å². The molecular weight excluding hydrogens is 436 g/mol. The molecule has 0 aliphatic carbocycles. The monoisotopic (exact) mass is 460 g/mol. The Kier molecular flexibility index (Phi) is 6.31. The number of ether oxygens (including phenoxy) is 1. The summed E-state index contributed by atoms with van der Waals surface area (Å²) in [4.78, 5) is 21.1. The smallest absolute Gasteiger partial charge is 0.224 e. The van der Waals surface area contributed by atoms with Gasteiger partial charge in [-0.2, -0.15) is 4.98 Å². The fraction of sp³-hybridized carbons (Fsp3) is 0.476. The van der Waals surface area contributed by atoms with E-state index < -0.39 is 6.23 Å². The van der Waals surface area contributed by atoms with Gasteiger partial charge in [-0.25, -0.2) is 4.98 Å². The standard InChI is InChI=1S/C21H25ClN6O2S/c22-21-24-17-12-16(31-18(17)19(25-21)27-8-10-30-11-9-27)14-26-4-6-28(7-5-26)20(29)15-2-1-3-23-13-15/h1-3,12-13,20,29H,4-11,14H2. The summed E-state index contributed by atoms with van der Waals surface area (Å²) in [6.45, 7) is 7.32. The zero-order chi connectivity index (χ0) is 21.2. The molecule has 2 saturated heterocycles. The molecule has 0 spiro atoms. The molecule has 3 aromatic rings. The average molecular weight is 461 g/mol. The number of aliphatic hydroxyl groups is 1. The third-order valence-corrected chi connectivity index (χ3v) is 7.08. The van der Waals surface area contributed by atoms with E-state index in [9.17, 15) is 5.11 Å². The Labute approximate surface area is 190 Å². The van der Waals surface area contributed by atoms with Crippen molar-refractivity contribution in [3.05, 3.63) is 46.3 Å². The maximum Gasteiger partial charge on any atom is 0.224 e. The molecular formula is C21H25ClN6O2S. The van der Waals surface area contributed by atoms with Crippen LogP contribution in [0.1, 0.15) is 16.7 Å². The van der Waals surface area contributed by atoms with Gasteiger partial charge in [-0.15, -0.1) is 11.3 Å². The highest BCUT2D eigenvalue weighted by Gasteiger charge is 2.25. The van der Waals surface area contributed by atoms with E-state index in [2.05, 4.69) is 35.7 Å². The number of morpholine rings is 1. The summed E-state index contributed by atoms with van der Waals surface area (Å²) in [6, 6.07) is 5.91. The van der Waals surface area contributed by atoms with E-state index >= 15 is 0 Å². The van der Waals surface area contributed by atoms with E-state index in [4.69, 9.17) is 16.3 Å². The Balaban J connectivity index is 1.26. The van der Waals surface area contributed by atoms with Gasteiger partial charge in [0.05, 0.1) is 23.4 Å². The Morgan fingerprint density at radius 3 is 2.68 bits per heavy atom. The molecule has 164 valence electrons. The molecule has 31 heavy (non-hydrogen) atoms. The predicted molar refractivity (Wildman–Crippen MR) is 122 cm³/mol. The van der Waals surface area contributed by atoms with Crippen LogP contribution in [0.15, 0.2) is 30.6 Å². The summed E-state index contributed by atoms with van der Waals surface area (Å²) in [5.74, 6) is 0.916. The maximum atomic E-state index is 10.6. The molecule has 8 nitrogen and oxygen atoms in total. The first-order valence-electron chi connectivity index (χ1n) is 10.5. The largest absolute Gasteiger partial charge is 0.378 e. The van der Waals surface area contributed by atoms with Crippen molar-refractivity contribution in [2.24, 2.45) is 0 Å². The van der Waals surface area contributed by atoms with Gasteiger partial charge in [-0.05, 0) is 23.7 Å². The van der Waals surface area contributed by atoms with Crippen molar-refractivity contribution in [3.63, 3.8) is 0 Å². The lowest BCUT2D eigenvalue weighted by Crippen LogP contribution is -2.47.